The Morgan fingerprint density at radius 2 is 1.45 bits per heavy atom. The normalized spacial score (nSPS) is 12.4. The van der Waals surface area contributed by atoms with Crippen molar-refractivity contribution in [3.05, 3.63) is 36.4 Å². The highest BCUT2D eigenvalue weighted by Crippen LogP contribution is 2.35. The third-order valence-corrected chi connectivity index (χ3v) is 3.51. The van der Waals surface area contributed by atoms with Crippen molar-refractivity contribution in [1.29, 1.82) is 0 Å². The first-order chi connectivity index (χ1) is 9.26. The second-order valence-corrected chi connectivity index (χ2v) is 5.33. The lowest BCUT2D eigenvalue weighted by atomic mass is 10.1. The maximum atomic E-state index is 12.3. The van der Waals surface area contributed by atoms with Gasteiger partial charge in [-0.3, -0.25) is 0 Å². The topological polar surface area (TPSA) is 52.6 Å². The maximum Gasteiger partial charge on any atom is 0.534 e. The molecule has 0 fully saturated rings. The molecule has 0 aliphatic carbocycles. The number of methoxy groups -OCH3 is 1. The van der Waals surface area contributed by atoms with Gasteiger partial charge >= 0.3 is 15.6 Å². The van der Waals surface area contributed by atoms with Crippen LogP contribution in [-0.2, 0) is 10.1 Å². The predicted octanol–water partition coefficient (Wildman–Crippen LogP) is 3.08. The van der Waals surface area contributed by atoms with Gasteiger partial charge < -0.3 is 8.92 Å². The summed E-state index contributed by atoms with van der Waals surface area (Å²) in [5, 5.41) is 0.657. The number of ether oxygens (including phenoxy) is 1. The van der Waals surface area contributed by atoms with E-state index in [-0.39, 0.29) is 5.39 Å². The Bertz CT molecular complexity index is 738. The molecule has 0 bridgehead atoms. The third-order valence-electron chi connectivity index (χ3n) is 2.55. The second kappa shape index (κ2) is 4.86. The number of halogens is 3. The van der Waals surface area contributed by atoms with Gasteiger partial charge in [-0.2, -0.15) is 21.6 Å². The Morgan fingerprint density at radius 3 is 1.95 bits per heavy atom. The van der Waals surface area contributed by atoms with Gasteiger partial charge in [0, 0.05) is 10.8 Å². The summed E-state index contributed by atoms with van der Waals surface area (Å²) in [4.78, 5) is 0. The van der Waals surface area contributed by atoms with Gasteiger partial charge in [0.1, 0.15) is 5.75 Å². The van der Waals surface area contributed by atoms with Crippen LogP contribution in [0, 0.1) is 0 Å². The molecule has 0 saturated heterocycles. The lowest BCUT2D eigenvalue weighted by molar-refractivity contribution is -0.0499. The van der Waals surface area contributed by atoms with Crippen LogP contribution in [0.3, 0.4) is 0 Å². The third kappa shape index (κ3) is 2.51. The lowest BCUT2D eigenvalue weighted by Gasteiger charge is -2.13. The van der Waals surface area contributed by atoms with Gasteiger partial charge in [0.2, 0.25) is 0 Å². The van der Waals surface area contributed by atoms with Gasteiger partial charge in [-0.05, 0) is 12.1 Å². The molecular formula is C12H9F3O4S. The number of hydrogen-bond acceptors (Lipinski definition) is 4. The highest BCUT2D eigenvalue weighted by atomic mass is 32.2. The lowest BCUT2D eigenvalue weighted by Crippen LogP contribution is -2.28. The Labute approximate surface area is 112 Å². The average molecular weight is 306 g/mol. The summed E-state index contributed by atoms with van der Waals surface area (Å²) in [5.41, 5.74) is -5.48. The van der Waals surface area contributed by atoms with Crippen molar-refractivity contribution in [2.75, 3.05) is 7.11 Å². The summed E-state index contributed by atoms with van der Waals surface area (Å²) < 4.78 is 68.3. The molecule has 0 heterocycles. The molecular weight excluding hydrogens is 297 g/mol. The summed E-state index contributed by atoms with van der Waals surface area (Å²) in [7, 11) is -4.31. The van der Waals surface area contributed by atoms with Crippen LogP contribution in [0.1, 0.15) is 0 Å². The van der Waals surface area contributed by atoms with Crippen LogP contribution in [0.2, 0.25) is 0 Å². The molecule has 4 nitrogen and oxygen atoms in total. The molecule has 2 aromatic rings. The predicted molar refractivity (Wildman–Crippen MR) is 66.1 cm³/mol. The molecule has 0 unspecified atom stereocenters. The molecule has 0 amide bonds. The van der Waals surface area contributed by atoms with Crippen LogP contribution >= 0.6 is 0 Å². The minimum atomic E-state index is -5.70. The molecule has 0 radical (unpaired) electrons. The van der Waals surface area contributed by atoms with Crippen LogP contribution in [0.25, 0.3) is 10.8 Å². The van der Waals surface area contributed by atoms with E-state index in [1.807, 2.05) is 0 Å². The molecule has 0 atom stereocenters. The van der Waals surface area contributed by atoms with Crippen LogP contribution in [0.15, 0.2) is 36.4 Å². The zero-order valence-electron chi connectivity index (χ0n) is 10.1. The van der Waals surface area contributed by atoms with Crippen molar-refractivity contribution in [2.45, 2.75) is 5.51 Å². The number of rotatable bonds is 3. The Hall–Kier alpha value is -1.96. The quantitative estimate of drug-likeness (QED) is 0.646. The monoisotopic (exact) mass is 306 g/mol. The summed E-state index contributed by atoms with van der Waals surface area (Å²) in [6.07, 6.45) is 0. The summed E-state index contributed by atoms with van der Waals surface area (Å²) in [6.45, 7) is 0. The fraction of sp³-hybridized carbons (Fsp3) is 0.167. The van der Waals surface area contributed by atoms with E-state index in [4.69, 9.17) is 4.74 Å². The van der Waals surface area contributed by atoms with Crippen molar-refractivity contribution in [1.82, 2.24) is 0 Å². The van der Waals surface area contributed by atoms with Gasteiger partial charge in [0.15, 0.2) is 5.75 Å². The van der Waals surface area contributed by atoms with Crippen molar-refractivity contribution >= 4 is 20.9 Å². The van der Waals surface area contributed by atoms with Gasteiger partial charge in [0.25, 0.3) is 0 Å². The summed E-state index contributed by atoms with van der Waals surface area (Å²) in [5.74, 6) is -0.00363. The van der Waals surface area contributed by atoms with Crippen molar-refractivity contribution in [2.24, 2.45) is 0 Å². The standard InChI is InChI=1S/C12H9F3O4S/c1-18-10-6-7-11(9-5-3-2-4-8(9)10)19-20(16,17)12(13,14)15/h2-7H,1H3. The number of alkyl halides is 3. The number of fused-ring (bicyclic) bond motifs is 1. The Balaban J connectivity index is 2.58. The molecule has 8 heteroatoms. The molecule has 0 aromatic heterocycles. The minimum absolute atomic E-state index is 0.208. The van der Waals surface area contributed by atoms with Crippen LogP contribution in [-0.4, -0.2) is 21.0 Å². The van der Waals surface area contributed by atoms with Gasteiger partial charge in [-0.15, -0.1) is 0 Å². The van der Waals surface area contributed by atoms with E-state index < -0.39 is 21.4 Å². The summed E-state index contributed by atoms with van der Waals surface area (Å²) >= 11 is 0. The molecule has 2 rings (SSSR count). The van der Waals surface area contributed by atoms with Gasteiger partial charge in [0.05, 0.1) is 7.11 Å². The van der Waals surface area contributed by atoms with E-state index >= 15 is 0 Å². The van der Waals surface area contributed by atoms with E-state index in [0.29, 0.717) is 11.1 Å². The van der Waals surface area contributed by atoms with Crippen molar-refractivity contribution in [3.63, 3.8) is 0 Å². The smallest absolute Gasteiger partial charge is 0.496 e. The van der Waals surface area contributed by atoms with E-state index in [1.165, 1.54) is 19.2 Å². The van der Waals surface area contributed by atoms with E-state index in [2.05, 4.69) is 4.18 Å². The molecule has 0 aliphatic heterocycles. The zero-order chi connectivity index (χ0) is 15.0. The average Bonchev–Trinajstić information content (AvgIpc) is 2.37. The molecule has 20 heavy (non-hydrogen) atoms. The fourth-order valence-corrected chi connectivity index (χ4v) is 2.14. The van der Waals surface area contributed by atoms with Gasteiger partial charge in [-0.25, -0.2) is 0 Å². The van der Waals surface area contributed by atoms with Crippen LogP contribution in [0.4, 0.5) is 13.2 Å². The molecule has 0 saturated carbocycles. The second-order valence-electron chi connectivity index (χ2n) is 3.79. The highest BCUT2D eigenvalue weighted by molar-refractivity contribution is 7.88. The first-order valence-electron chi connectivity index (χ1n) is 5.33. The fourth-order valence-electron chi connectivity index (χ4n) is 1.66. The Morgan fingerprint density at radius 1 is 0.950 bits per heavy atom. The molecule has 0 spiro atoms. The van der Waals surface area contributed by atoms with Gasteiger partial charge in [-0.1, -0.05) is 24.3 Å². The van der Waals surface area contributed by atoms with Crippen LogP contribution in [0.5, 0.6) is 11.5 Å². The van der Waals surface area contributed by atoms with E-state index in [1.54, 1.807) is 18.2 Å². The first kappa shape index (κ1) is 14.4. The molecule has 108 valence electrons. The highest BCUT2D eigenvalue weighted by Gasteiger charge is 2.48. The van der Waals surface area contributed by atoms with Crippen molar-refractivity contribution < 1.29 is 30.5 Å². The van der Waals surface area contributed by atoms with Crippen LogP contribution < -0.4 is 8.92 Å². The zero-order valence-corrected chi connectivity index (χ0v) is 11.0. The van der Waals surface area contributed by atoms with E-state index in [9.17, 15) is 21.6 Å². The molecule has 0 N–H and O–H groups in total. The largest absolute Gasteiger partial charge is 0.534 e. The van der Waals surface area contributed by atoms with Crippen molar-refractivity contribution in [3.8, 4) is 11.5 Å². The number of hydrogen-bond donors (Lipinski definition) is 0. The van der Waals surface area contributed by atoms with E-state index in [0.717, 1.165) is 6.07 Å². The minimum Gasteiger partial charge on any atom is -0.496 e. The maximum absolute atomic E-state index is 12.3. The number of benzene rings is 2. The molecule has 0 aliphatic rings. The molecule has 2 aromatic carbocycles. The first-order valence-corrected chi connectivity index (χ1v) is 6.73. The summed E-state index contributed by atoms with van der Waals surface area (Å²) in [6, 6.07) is 8.68. The SMILES string of the molecule is COc1ccc(OS(=O)(=O)C(F)(F)F)c2ccccc12. The Kier molecular flexibility index (Phi) is 3.51.